The second kappa shape index (κ2) is 9.64. The number of likely N-dealkylation sites (N-methyl/N-ethyl adjacent to an activating group) is 1. The van der Waals surface area contributed by atoms with Crippen LogP contribution in [-0.2, 0) is 12.0 Å². The first-order valence-electron chi connectivity index (χ1n) is 10.0. The lowest BCUT2D eigenvalue weighted by molar-refractivity contribution is 0.179. The summed E-state index contributed by atoms with van der Waals surface area (Å²) in [7, 11) is 5.39. The third-order valence-corrected chi connectivity index (χ3v) is 6.29. The molecule has 28 heavy (non-hydrogen) atoms. The predicted octanol–water partition coefficient (Wildman–Crippen LogP) is 4.55. The van der Waals surface area contributed by atoms with Gasteiger partial charge in [-0.05, 0) is 62.2 Å². The first kappa shape index (κ1) is 21.0. The molecule has 0 unspecified atom stereocenters. The molecule has 2 N–H and O–H groups in total. The smallest absolute Gasteiger partial charge is 0.160 e. The van der Waals surface area contributed by atoms with Gasteiger partial charge < -0.3 is 20.1 Å². The zero-order chi connectivity index (χ0) is 20.0. The molecular weight excluding hydrogens is 372 g/mol. The zero-order valence-electron chi connectivity index (χ0n) is 17.1. The Balaban J connectivity index is 1.72. The average molecular weight is 403 g/mol. The van der Waals surface area contributed by atoms with Crippen molar-refractivity contribution in [1.29, 1.82) is 0 Å². The molecule has 2 aromatic rings. The SMILES string of the molecule is CN[C@@]1(c2ccccc2Cl)CCCC[C@@H]1NCCc1ccc(OC)c(OC)c1. The van der Waals surface area contributed by atoms with Crippen molar-refractivity contribution in [3.05, 3.63) is 58.6 Å². The van der Waals surface area contributed by atoms with E-state index >= 15 is 0 Å². The van der Waals surface area contributed by atoms with Crippen LogP contribution in [-0.4, -0.2) is 33.9 Å². The molecule has 5 heteroatoms. The lowest BCUT2D eigenvalue weighted by Crippen LogP contribution is -2.58. The molecule has 0 bridgehead atoms. The Bertz CT molecular complexity index is 783. The summed E-state index contributed by atoms with van der Waals surface area (Å²) in [5.41, 5.74) is 2.30. The fourth-order valence-corrected chi connectivity index (χ4v) is 4.76. The van der Waals surface area contributed by atoms with E-state index < -0.39 is 0 Å². The van der Waals surface area contributed by atoms with E-state index in [0.29, 0.717) is 6.04 Å². The third kappa shape index (κ3) is 4.29. The van der Waals surface area contributed by atoms with Crippen LogP contribution in [0.5, 0.6) is 11.5 Å². The number of nitrogens with one attached hydrogen (secondary N) is 2. The topological polar surface area (TPSA) is 42.5 Å². The van der Waals surface area contributed by atoms with Crippen molar-refractivity contribution in [2.45, 2.75) is 43.7 Å². The van der Waals surface area contributed by atoms with Crippen LogP contribution in [0.25, 0.3) is 0 Å². The van der Waals surface area contributed by atoms with Crippen molar-refractivity contribution in [3.8, 4) is 11.5 Å². The lowest BCUT2D eigenvalue weighted by atomic mass is 9.72. The minimum Gasteiger partial charge on any atom is -0.493 e. The zero-order valence-corrected chi connectivity index (χ0v) is 17.8. The lowest BCUT2D eigenvalue weighted by Gasteiger charge is -2.45. The van der Waals surface area contributed by atoms with E-state index in [1.165, 1.54) is 24.0 Å². The first-order valence-corrected chi connectivity index (χ1v) is 10.4. The molecule has 2 aromatic carbocycles. The number of hydrogen-bond acceptors (Lipinski definition) is 4. The predicted molar refractivity (Wildman–Crippen MR) is 116 cm³/mol. The summed E-state index contributed by atoms with van der Waals surface area (Å²) in [6, 6.07) is 14.7. The van der Waals surface area contributed by atoms with Crippen molar-refractivity contribution in [1.82, 2.24) is 10.6 Å². The summed E-state index contributed by atoms with van der Waals surface area (Å²) < 4.78 is 10.8. The van der Waals surface area contributed by atoms with Crippen LogP contribution in [0.2, 0.25) is 5.02 Å². The average Bonchev–Trinajstić information content (AvgIpc) is 2.74. The quantitative estimate of drug-likeness (QED) is 0.679. The minimum atomic E-state index is -0.131. The molecule has 0 spiro atoms. The van der Waals surface area contributed by atoms with Gasteiger partial charge in [0.1, 0.15) is 0 Å². The fourth-order valence-electron chi connectivity index (χ4n) is 4.46. The summed E-state index contributed by atoms with van der Waals surface area (Å²) in [4.78, 5) is 0. The summed E-state index contributed by atoms with van der Waals surface area (Å²) in [5.74, 6) is 1.54. The molecule has 0 amide bonds. The second-order valence-electron chi connectivity index (χ2n) is 7.39. The summed E-state index contributed by atoms with van der Waals surface area (Å²) in [5, 5.41) is 8.27. The van der Waals surface area contributed by atoms with Crippen LogP contribution in [0.4, 0.5) is 0 Å². The third-order valence-electron chi connectivity index (χ3n) is 5.96. The van der Waals surface area contributed by atoms with Gasteiger partial charge in [-0.25, -0.2) is 0 Å². The molecule has 0 saturated heterocycles. The normalized spacial score (nSPS) is 22.1. The maximum Gasteiger partial charge on any atom is 0.160 e. The van der Waals surface area contributed by atoms with E-state index in [-0.39, 0.29) is 5.54 Å². The second-order valence-corrected chi connectivity index (χ2v) is 7.80. The van der Waals surface area contributed by atoms with Gasteiger partial charge in [0, 0.05) is 11.1 Å². The summed E-state index contributed by atoms with van der Waals surface area (Å²) in [6.45, 7) is 0.897. The van der Waals surface area contributed by atoms with Gasteiger partial charge >= 0.3 is 0 Å². The molecule has 1 fully saturated rings. The Morgan fingerprint density at radius 1 is 1.07 bits per heavy atom. The molecule has 0 heterocycles. The first-order chi connectivity index (χ1) is 13.6. The van der Waals surface area contributed by atoms with Crippen molar-refractivity contribution >= 4 is 11.6 Å². The van der Waals surface area contributed by atoms with Gasteiger partial charge in [0.2, 0.25) is 0 Å². The molecule has 3 rings (SSSR count). The summed E-state index contributed by atoms with van der Waals surface area (Å²) >= 11 is 6.59. The fraction of sp³-hybridized carbons (Fsp3) is 0.478. The van der Waals surface area contributed by atoms with Crippen molar-refractivity contribution in [2.75, 3.05) is 27.8 Å². The van der Waals surface area contributed by atoms with Crippen molar-refractivity contribution < 1.29 is 9.47 Å². The highest BCUT2D eigenvalue weighted by molar-refractivity contribution is 6.31. The molecule has 152 valence electrons. The van der Waals surface area contributed by atoms with Crippen LogP contribution in [0.15, 0.2) is 42.5 Å². The number of ether oxygens (including phenoxy) is 2. The molecular formula is C23H31ClN2O2. The highest BCUT2D eigenvalue weighted by Gasteiger charge is 2.41. The van der Waals surface area contributed by atoms with Gasteiger partial charge in [0.05, 0.1) is 19.8 Å². The van der Waals surface area contributed by atoms with E-state index in [4.69, 9.17) is 21.1 Å². The van der Waals surface area contributed by atoms with Gasteiger partial charge in [-0.15, -0.1) is 0 Å². The number of benzene rings is 2. The van der Waals surface area contributed by atoms with Crippen molar-refractivity contribution in [2.24, 2.45) is 0 Å². The Kier molecular flexibility index (Phi) is 7.22. The Morgan fingerprint density at radius 3 is 2.57 bits per heavy atom. The molecule has 4 nitrogen and oxygen atoms in total. The molecule has 0 aliphatic heterocycles. The molecule has 2 atom stereocenters. The molecule has 0 aromatic heterocycles. The largest absolute Gasteiger partial charge is 0.493 e. The van der Waals surface area contributed by atoms with Gasteiger partial charge in [-0.3, -0.25) is 0 Å². The Morgan fingerprint density at radius 2 is 1.86 bits per heavy atom. The molecule has 1 aliphatic rings. The van der Waals surface area contributed by atoms with Crippen molar-refractivity contribution in [3.63, 3.8) is 0 Å². The van der Waals surface area contributed by atoms with E-state index in [1.807, 2.05) is 18.2 Å². The minimum absolute atomic E-state index is 0.131. The van der Waals surface area contributed by atoms with Gasteiger partial charge in [-0.2, -0.15) is 0 Å². The van der Waals surface area contributed by atoms with Gasteiger partial charge in [-0.1, -0.05) is 48.7 Å². The Labute approximate surface area is 173 Å². The van der Waals surface area contributed by atoms with Crippen LogP contribution < -0.4 is 20.1 Å². The molecule has 1 aliphatic carbocycles. The van der Waals surface area contributed by atoms with Crippen LogP contribution in [0.1, 0.15) is 36.8 Å². The molecule has 0 radical (unpaired) electrons. The maximum atomic E-state index is 6.59. The Hall–Kier alpha value is -1.75. The van der Waals surface area contributed by atoms with E-state index in [1.54, 1.807) is 14.2 Å². The van der Waals surface area contributed by atoms with Gasteiger partial charge in [0.15, 0.2) is 11.5 Å². The van der Waals surface area contributed by atoms with Gasteiger partial charge in [0.25, 0.3) is 0 Å². The summed E-state index contributed by atoms with van der Waals surface area (Å²) in [6.07, 6.45) is 5.60. The molecule has 1 saturated carbocycles. The highest BCUT2D eigenvalue weighted by atomic mass is 35.5. The number of halogens is 1. The van der Waals surface area contributed by atoms with Crippen LogP contribution in [0.3, 0.4) is 0 Å². The maximum absolute atomic E-state index is 6.59. The number of rotatable bonds is 8. The number of methoxy groups -OCH3 is 2. The standard InChI is InChI=1S/C23H31ClN2O2/c1-25-23(18-8-4-5-9-19(18)24)14-7-6-10-22(23)26-15-13-17-11-12-20(27-2)21(16-17)28-3/h4-5,8-9,11-12,16,22,25-26H,6-7,10,13-15H2,1-3H3/t22-,23+/m0/s1. The highest BCUT2D eigenvalue weighted by Crippen LogP contribution is 2.40. The number of hydrogen-bond donors (Lipinski definition) is 2. The van der Waals surface area contributed by atoms with Crippen LogP contribution in [0, 0.1) is 0 Å². The van der Waals surface area contributed by atoms with E-state index in [9.17, 15) is 0 Å². The van der Waals surface area contributed by atoms with E-state index in [0.717, 1.165) is 42.3 Å². The monoisotopic (exact) mass is 402 g/mol. The van der Waals surface area contributed by atoms with E-state index in [2.05, 4.69) is 41.9 Å². The van der Waals surface area contributed by atoms with Crippen LogP contribution >= 0.6 is 11.6 Å².